The summed E-state index contributed by atoms with van der Waals surface area (Å²) in [4.78, 5) is 28.7. The molecule has 0 N–H and O–H groups in total. The topological polar surface area (TPSA) is 52.0 Å². The van der Waals surface area contributed by atoms with Gasteiger partial charge in [-0.05, 0) is 23.9 Å². The minimum absolute atomic E-state index is 0.0184. The first-order valence-corrected chi connectivity index (χ1v) is 7.06. The second kappa shape index (κ2) is 5.02. The molecule has 0 saturated heterocycles. The fourth-order valence-corrected chi connectivity index (χ4v) is 2.91. The highest BCUT2D eigenvalue weighted by molar-refractivity contribution is 7.17. The smallest absolute Gasteiger partial charge is 0.271 e. The Kier molecular flexibility index (Phi) is 3.20. The lowest BCUT2D eigenvalue weighted by Gasteiger charge is -2.06. The highest BCUT2D eigenvalue weighted by Crippen LogP contribution is 2.14. The van der Waals surface area contributed by atoms with Crippen LogP contribution in [0.15, 0.2) is 46.8 Å². The van der Waals surface area contributed by atoms with Crippen molar-refractivity contribution in [2.45, 2.75) is 13.5 Å². The third-order valence-electron chi connectivity index (χ3n) is 3.20. The van der Waals surface area contributed by atoms with Gasteiger partial charge in [-0.2, -0.15) is 0 Å². The number of hydrogen-bond acceptors (Lipinski definition) is 4. The van der Waals surface area contributed by atoms with Gasteiger partial charge in [0.05, 0.1) is 18.4 Å². The number of aryl methyl sites for hydroxylation is 1. The molecule has 0 saturated carbocycles. The summed E-state index contributed by atoms with van der Waals surface area (Å²) in [6.07, 6.45) is 1.44. The molecule has 0 unspecified atom stereocenters. The first-order valence-electron chi connectivity index (χ1n) is 6.18. The van der Waals surface area contributed by atoms with Gasteiger partial charge in [0.25, 0.3) is 5.56 Å². The molecule has 0 radical (unpaired) electrons. The summed E-state index contributed by atoms with van der Waals surface area (Å²) < 4.78 is 1.96. The average Bonchev–Trinajstić information content (AvgIpc) is 2.91. The number of ketones is 1. The van der Waals surface area contributed by atoms with Crippen molar-refractivity contribution in [2.24, 2.45) is 0 Å². The van der Waals surface area contributed by atoms with Gasteiger partial charge in [-0.15, -0.1) is 11.3 Å². The van der Waals surface area contributed by atoms with Crippen LogP contribution in [0.4, 0.5) is 0 Å². The van der Waals surface area contributed by atoms with E-state index in [1.165, 1.54) is 22.2 Å². The Morgan fingerprint density at radius 2 is 2.10 bits per heavy atom. The molecule has 0 aliphatic rings. The molecule has 2 aromatic heterocycles. The molecule has 1 aromatic carbocycles. The van der Waals surface area contributed by atoms with Gasteiger partial charge >= 0.3 is 0 Å². The molecule has 20 heavy (non-hydrogen) atoms. The van der Waals surface area contributed by atoms with Crippen molar-refractivity contribution in [3.63, 3.8) is 0 Å². The maximum Gasteiger partial charge on any atom is 0.271 e. The van der Waals surface area contributed by atoms with Gasteiger partial charge in [0.15, 0.2) is 5.78 Å². The molecule has 100 valence electrons. The third kappa shape index (κ3) is 2.16. The summed E-state index contributed by atoms with van der Waals surface area (Å²) >= 11 is 1.35. The van der Waals surface area contributed by atoms with Crippen LogP contribution in [0.5, 0.6) is 0 Å². The molecule has 2 heterocycles. The molecule has 0 aliphatic heterocycles. The normalized spacial score (nSPS) is 10.8. The van der Waals surface area contributed by atoms with E-state index in [4.69, 9.17) is 0 Å². The fourth-order valence-electron chi connectivity index (χ4n) is 2.12. The van der Waals surface area contributed by atoms with Crippen LogP contribution in [-0.2, 0) is 6.54 Å². The maximum atomic E-state index is 12.3. The van der Waals surface area contributed by atoms with Crippen molar-refractivity contribution in [1.29, 1.82) is 0 Å². The number of rotatable bonds is 3. The van der Waals surface area contributed by atoms with Crippen molar-refractivity contribution in [1.82, 2.24) is 9.55 Å². The van der Waals surface area contributed by atoms with Crippen LogP contribution in [0.1, 0.15) is 15.9 Å². The number of aromatic nitrogens is 2. The predicted molar refractivity (Wildman–Crippen MR) is 79.4 cm³/mol. The lowest BCUT2D eigenvalue weighted by Crippen LogP contribution is -2.24. The zero-order valence-corrected chi connectivity index (χ0v) is 11.7. The third-order valence-corrected chi connectivity index (χ3v) is 4.09. The van der Waals surface area contributed by atoms with E-state index < -0.39 is 0 Å². The average molecular weight is 284 g/mol. The molecule has 0 fully saturated rings. The Labute approximate surface area is 119 Å². The Morgan fingerprint density at radius 3 is 2.90 bits per heavy atom. The quantitative estimate of drug-likeness (QED) is 0.695. The Bertz CT molecular complexity index is 848. The second-order valence-electron chi connectivity index (χ2n) is 4.55. The van der Waals surface area contributed by atoms with Gasteiger partial charge in [0.1, 0.15) is 4.70 Å². The van der Waals surface area contributed by atoms with Crippen LogP contribution in [0.3, 0.4) is 0 Å². The van der Waals surface area contributed by atoms with Crippen LogP contribution in [-0.4, -0.2) is 15.3 Å². The number of Topliss-reactive ketones (excluding diaryl/α,β-unsaturated/α-hetero) is 1. The molecule has 0 atom stereocenters. The lowest BCUT2D eigenvalue weighted by molar-refractivity contribution is 0.0970. The number of carbonyl (C=O) groups excluding carboxylic acids is 1. The van der Waals surface area contributed by atoms with E-state index in [1.807, 2.05) is 30.5 Å². The van der Waals surface area contributed by atoms with Crippen molar-refractivity contribution in [3.05, 3.63) is 63.5 Å². The van der Waals surface area contributed by atoms with E-state index in [-0.39, 0.29) is 17.9 Å². The molecule has 3 rings (SSSR count). The molecule has 0 bridgehead atoms. The van der Waals surface area contributed by atoms with Crippen LogP contribution in [0.25, 0.3) is 10.2 Å². The van der Waals surface area contributed by atoms with Crippen LogP contribution in [0, 0.1) is 6.92 Å². The zero-order chi connectivity index (χ0) is 14.1. The van der Waals surface area contributed by atoms with Gasteiger partial charge in [0, 0.05) is 5.56 Å². The Hall–Kier alpha value is -2.27. The fraction of sp³-hybridized carbons (Fsp3) is 0.133. The van der Waals surface area contributed by atoms with E-state index in [0.717, 1.165) is 5.56 Å². The number of carbonyl (C=O) groups is 1. The van der Waals surface area contributed by atoms with E-state index in [2.05, 4.69) is 4.98 Å². The maximum absolute atomic E-state index is 12.3. The van der Waals surface area contributed by atoms with Gasteiger partial charge < -0.3 is 0 Å². The van der Waals surface area contributed by atoms with Crippen molar-refractivity contribution >= 4 is 27.3 Å². The standard InChI is InChI=1S/C15H12N2O2S/c1-10-4-2-3-5-11(10)13(18)8-17-9-16-12-6-7-20-14(12)15(17)19/h2-7,9H,8H2,1H3. The molecular formula is C15H12N2O2S. The molecule has 3 aromatic rings. The van der Waals surface area contributed by atoms with Crippen molar-refractivity contribution in [2.75, 3.05) is 0 Å². The molecule has 0 spiro atoms. The van der Waals surface area contributed by atoms with E-state index in [0.29, 0.717) is 15.8 Å². The summed E-state index contributed by atoms with van der Waals surface area (Å²) in [5.74, 6) is -0.0806. The van der Waals surface area contributed by atoms with Crippen molar-refractivity contribution < 1.29 is 4.79 Å². The van der Waals surface area contributed by atoms with Crippen LogP contribution < -0.4 is 5.56 Å². The Balaban J connectivity index is 1.97. The molecular weight excluding hydrogens is 272 g/mol. The second-order valence-corrected chi connectivity index (χ2v) is 5.47. The largest absolute Gasteiger partial charge is 0.292 e. The first-order chi connectivity index (χ1) is 9.66. The SMILES string of the molecule is Cc1ccccc1C(=O)Cn1cnc2ccsc2c1=O. The number of benzene rings is 1. The molecule has 0 aliphatic carbocycles. The highest BCUT2D eigenvalue weighted by Gasteiger charge is 2.12. The number of nitrogens with zero attached hydrogens (tertiary/aromatic N) is 2. The minimum Gasteiger partial charge on any atom is -0.292 e. The molecule has 0 amide bonds. The summed E-state index contributed by atoms with van der Waals surface area (Å²) in [6, 6.07) is 9.17. The van der Waals surface area contributed by atoms with Gasteiger partial charge in [-0.3, -0.25) is 14.2 Å². The summed E-state index contributed by atoms with van der Waals surface area (Å²) in [7, 11) is 0. The number of thiophene rings is 1. The summed E-state index contributed by atoms with van der Waals surface area (Å²) in [6.45, 7) is 1.90. The van der Waals surface area contributed by atoms with E-state index >= 15 is 0 Å². The van der Waals surface area contributed by atoms with E-state index in [9.17, 15) is 9.59 Å². The molecule has 4 nitrogen and oxygen atoms in total. The van der Waals surface area contributed by atoms with Crippen molar-refractivity contribution in [3.8, 4) is 0 Å². The summed E-state index contributed by atoms with van der Waals surface area (Å²) in [5.41, 5.74) is 2.08. The minimum atomic E-state index is -0.160. The van der Waals surface area contributed by atoms with Crippen LogP contribution in [0.2, 0.25) is 0 Å². The van der Waals surface area contributed by atoms with E-state index in [1.54, 1.807) is 12.1 Å². The van der Waals surface area contributed by atoms with Gasteiger partial charge in [-0.25, -0.2) is 4.98 Å². The molecule has 5 heteroatoms. The highest BCUT2D eigenvalue weighted by atomic mass is 32.1. The zero-order valence-electron chi connectivity index (χ0n) is 10.9. The monoisotopic (exact) mass is 284 g/mol. The Morgan fingerprint density at radius 1 is 1.30 bits per heavy atom. The number of fused-ring (bicyclic) bond motifs is 1. The lowest BCUT2D eigenvalue weighted by atomic mass is 10.1. The van der Waals surface area contributed by atoms with Gasteiger partial charge in [0.2, 0.25) is 0 Å². The first kappa shape index (κ1) is 12.7. The number of hydrogen-bond donors (Lipinski definition) is 0. The van der Waals surface area contributed by atoms with Gasteiger partial charge in [-0.1, -0.05) is 24.3 Å². The predicted octanol–water partition coefficient (Wildman–Crippen LogP) is 2.65. The van der Waals surface area contributed by atoms with Crippen LogP contribution >= 0.6 is 11.3 Å². The summed E-state index contributed by atoms with van der Waals surface area (Å²) in [5, 5.41) is 1.83.